The molecule has 0 unspecified atom stereocenters. The average molecular weight is 287 g/mol. The van der Waals surface area contributed by atoms with E-state index in [0.717, 1.165) is 6.42 Å². The summed E-state index contributed by atoms with van der Waals surface area (Å²) in [5.74, 6) is 0. The Labute approximate surface area is 132 Å². The van der Waals surface area contributed by atoms with Crippen molar-refractivity contribution in [2.45, 2.75) is 6.42 Å². The average Bonchev–Trinajstić information content (AvgIpc) is 2.57. The van der Waals surface area contributed by atoms with E-state index in [0.29, 0.717) is 0 Å². The Kier molecular flexibility index (Phi) is 4.24. The molecule has 0 aliphatic heterocycles. The number of rotatable bonds is 4. The van der Waals surface area contributed by atoms with Crippen LogP contribution < -0.4 is 4.90 Å². The van der Waals surface area contributed by atoms with Crippen molar-refractivity contribution in [3.8, 4) is 11.1 Å². The second kappa shape index (κ2) is 6.48. The van der Waals surface area contributed by atoms with Gasteiger partial charge in [-0.3, -0.25) is 0 Å². The van der Waals surface area contributed by atoms with Gasteiger partial charge >= 0.3 is 0 Å². The molecule has 3 rings (SSSR count). The maximum Gasteiger partial charge on any atom is 0.0361 e. The van der Waals surface area contributed by atoms with Gasteiger partial charge in [0.05, 0.1) is 0 Å². The molecule has 0 radical (unpaired) electrons. The highest BCUT2D eigenvalue weighted by atomic mass is 15.1. The Morgan fingerprint density at radius 3 is 1.64 bits per heavy atom. The Balaban J connectivity index is 1.76. The van der Waals surface area contributed by atoms with Gasteiger partial charge in [-0.1, -0.05) is 66.7 Å². The molecule has 0 heterocycles. The van der Waals surface area contributed by atoms with E-state index in [1.165, 1.54) is 27.9 Å². The van der Waals surface area contributed by atoms with Crippen LogP contribution >= 0.6 is 0 Å². The van der Waals surface area contributed by atoms with Gasteiger partial charge in [-0.25, -0.2) is 0 Å². The van der Waals surface area contributed by atoms with Crippen molar-refractivity contribution in [1.82, 2.24) is 0 Å². The van der Waals surface area contributed by atoms with Gasteiger partial charge < -0.3 is 4.90 Å². The zero-order valence-corrected chi connectivity index (χ0v) is 13.2. The summed E-state index contributed by atoms with van der Waals surface area (Å²) in [4.78, 5) is 2.12. The number of anilines is 1. The minimum atomic E-state index is 0.987. The predicted molar refractivity (Wildman–Crippen MR) is 95.5 cm³/mol. The maximum absolute atomic E-state index is 2.22. The van der Waals surface area contributed by atoms with E-state index in [-0.39, 0.29) is 0 Å². The van der Waals surface area contributed by atoms with Crippen molar-refractivity contribution >= 4 is 5.69 Å². The second-order valence-corrected chi connectivity index (χ2v) is 5.80. The fourth-order valence-electron chi connectivity index (χ4n) is 2.60. The molecule has 1 heteroatoms. The molecule has 0 spiro atoms. The quantitative estimate of drug-likeness (QED) is 0.652. The summed E-state index contributed by atoms with van der Waals surface area (Å²) in [5.41, 5.74) is 6.45. The Hall–Kier alpha value is -2.54. The molecule has 0 bridgehead atoms. The molecule has 0 atom stereocenters. The molecule has 0 fully saturated rings. The lowest BCUT2D eigenvalue weighted by Crippen LogP contribution is -2.07. The molecule has 0 aliphatic rings. The Bertz CT molecular complexity index is 710. The summed E-state index contributed by atoms with van der Waals surface area (Å²) in [6.07, 6.45) is 0.987. The van der Waals surface area contributed by atoms with Gasteiger partial charge in [0, 0.05) is 19.8 Å². The Morgan fingerprint density at radius 2 is 1.09 bits per heavy atom. The number of hydrogen-bond donors (Lipinski definition) is 0. The van der Waals surface area contributed by atoms with Crippen molar-refractivity contribution in [1.29, 1.82) is 0 Å². The van der Waals surface area contributed by atoms with Crippen LogP contribution in [0.15, 0.2) is 78.9 Å². The van der Waals surface area contributed by atoms with Gasteiger partial charge in [0.1, 0.15) is 0 Å². The van der Waals surface area contributed by atoms with Crippen LogP contribution in [0.2, 0.25) is 0 Å². The molecule has 3 aromatic rings. The van der Waals surface area contributed by atoms with Crippen LogP contribution in [0.1, 0.15) is 11.1 Å². The fraction of sp³-hybridized carbons (Fsp3) is 0.143. The van der Waals surface area contributed by atoms with Crippen LogP contribution in [0.5, 0.6) is 0 Å². The van der Waals surface area contributed by atoms with Gasteiger partial charge in [-0.05, 0) is 40.8 Å². The van der Waals surface area contributed by atoms with Gasteiger partial charge in [-0.2, -0.15) is 0 Å². The normalized spacial score (nSPS) is 10.5. The topological polar surface area (TPSA) is 3.24 Å². The van der Waals surface area contributed by atoms with Gasteiger partial charge in [-0.15, -0.1) is 0 Å². The number of benzene rings is 3. The zero-order chi connectivity index (χ0) is 15.4. The van der Waals surface area contributed by atoms with E-state index in [4.69, 9.17) is 0 Å². The molecule has 0 aliphatic carbocycles. The van der Waals surface area contributed by atoms with Crippen LogP contribution in [0.3, 0.4) is 0 Å². The highest BCUT2D eigenvalue weighted by Crippen LogP contribution is 2.23. The molecule has 0 saturated carbocycles. The maximum atomic E-state index is 2.22. The molecule has 0 saturated heterocycles. The third-order valence-electron chi connectivity index (χ3n) is 3.92. The van der Waals surface area contributed by atoms with E-state index in [1.54, 1.807) is 0 Å². The van der Waals surface area contributed by atoms with Crippen LogP contribution in [-0.2, 0) is 6.42 Å². The van der Waals surface area contributed by atoms with E-state index < -0.39 is 0 Å². The molecule has 0 amide bonds. The monoisotopic (exact) mass is 287 g/mol. The molecule has 1 nitrogen and oxygen atoms in total. The van der Waals surface area contributed by atoms with Crippen molar-refractivity contribution in [2.24, 2.45) is 0 Å². The third kappa shape index (κ3) is 3.37. The van der Waals surface area contributed by atoms with Gasteiger partial charge in [0.2, 0.25) is 0 Å². The summed E-state index contributed by atoms with van der Waals surface area (Å²) in [6, 6.07) is 28.2. The molecule has 22 heavy (non-hydrogen) atoms. The SMILES string of the molecule is CN(C)c1ccc(-c2ccc(Cc3ccccc3)cc2)cc1. The predicted octanol–water partition coefficient (Wildman–Crippen LogP) is 5.01. The first-order valence-corrected chi connectivity index (χ1v) is 7.63. The van der Waals surface area contributed by atoms with Crippen molar-refractivity contribution in [2.75, 3.05) is 19.0 Å². The molecular formula is C21H21N. The molecule has 3 aromatic carbocycles. The molecule has 0 aromatic heterocycles. The standard InChI is InChI=1S/C21H21N/c1-22(2)21-14-12-20(13-15-21)19-10-8-18(9-11-19)16-17-6-4-3-5-7-17/h3-15H,16H2,1-2H3. The minimum absolute atomic E-state index is 0.987. The van der Waals surface area contributed by atoms with E-state index in [9.17, 15) is 0 Å². The van der Waals surface area contributed by atoms with E-state index in [2.05, 4.69) is 97.9 Å². The molecular weight excluding hydrogens is 266 g/mol. The second-order valence-electron chi connectivity index (χ2n) is 5.80. The summed E-state index contributed by atoms with van der Waals surface area (Å²) in [6.45, 7) is 0. The van der Waals surface area contributed by atoms with Crippen LogP contribution in [-0.4, -0.2) is 14.1 Å². The lowest BCUT2D eigenvalue weighted by Gasteiger charge is -2.13. The van der Waals surface area contributed by atoms with Crippen molar-refractivity contribution < 1.29 is 0 Å². The minimum Gasteiger partial charge on any atom is -0.378 e. The molecule has 0 N–H and O–H groups in total. The Morgan fingerprint density at radius 1 is 0.591 bits per heavy atom. The van der Waals surface area contributed by atoms with Crippen LogP contribution in [0.4, 0.5) is 5.69 Å². The third-order valence-corrected chi connectivity index (χ3v) is 3.92. The fourth-order valence-corrected chi connectivity index (χ4v) is 2.60. The van der Waals surface area contributed by atoms with Crippen LogP contribution in [0.25, 0.3) is 11.1 Å². The summed E-state index contributed by atoms with van der Waals surface area (Å²) in [5, 5.41) is 0. The highest BCUT2D eigenvalue weighted by molar-refractivity contribution is 5.66. The van der Waals surface area contributed by atoms with E-state index in [1.807, 2.05) is 0 Å². The summed E-state index contributed by atoms with van der Waals surface area (Å²) >= 11 is 0. The first kappa shape index (κ1) is 14.4. The highest BCUT2D eigenvalue weighted by Gasteiger charge is 2.01. The van der Waals surface area contributed by atoms with Gasteiger partial charge in [0.15, 0.2) is 0 Å². The van der Waals surface area contributed by atoms with Crippen molar-refractivity contribution in [3.05, 3.63) is 90.0 Å². The largest absolute Gasteiger partial charge is 0.378 e. The summed E-state index contributed by atoms with van der Waals surface area (Å²) < 4.78 is 0. The van der Waals surface area contributed by atoms with Crippen molar-refractivity contribution in [3.63, 3.8) is 0 Å². The summed E-state index contributed by atoms with van der Waals surface area (Å²) in [7, 11) is 4.13. The smallest absolute Gasteiger partial charge is 0.0361 e. The van der Waals surface area contributed by atoms with Gasteiger partial charge in [0.25, 0.3) is 0 Å². The lowest BCUT2D eigenvalue weighted by molar-refractivity contribution is 1.13. The first-order valence-electron chi connectivity index (χ1n) is 7.63. The number of nitrogens with zero attached hydrogens (tertiary/aromatic N) is 1. The zero-order valence-electron chi connectivity index (χ0n) is 13.2. The molecule has 110 valence electrons. The van der Waals surface area contributed by atoms with E-state index >= 15 is 0 Å². The van der Waals surface area contributed by atoms with Crippen LogP contribution in [0, 0.1) is 0 Å². The first-order chi connectivity index (χ1) is 10.7. The lowest BCUT2D eigenvalue weighted by atomic mass is 10.0. The number of hydrogen-bond acceptors (Lipinski definition) is 1.